The third-order valence-electron chi connectivity index (χ3n) is 3.17. The van der Waals surface area contributed by atoms with Crippen molar-refractivity contribution in [1.82, 2.24) is 4.98 Å². The summed E-state index contributed by atoms with van der Waals surface area (Å²) in [6.45, 7) is 2.96. The largest absolute Gasteiger partial charge is 0.492 e. The Kier molecular flexibility index (Phi) is 4.72. The van der Waals surface area contributed by atoms with Crippen molar-refractivity contribution >= 4 is 10.9 Å². The molecule has 0 amide bonds. The first kappa shape index (κ1) is 13.5. The zero-order valence-electron chi connectivity index (χ0n) is 11.2. The van der Waals surface area contributed by atoms with E-state index in [-0.39, 0.29) is 10.9 Å². The maximum atomic E-state index is 5.54. The fourth-order valence-corrected chi connectivity index (χ4v) is 4.24. The average Bonchev–Trinajstić information content (AvgIpc) is 2.42. The van der Waals surface area contributed by atoms with Crippen molar-refractivity contribution in [2.75, 3.05) is 32.5 Å². The normalized spacial score (nSPS) is 21.6. The van der Waals surface area contributed by atoms with Crippen LogP contribution < -0.4 is 9.47 Å². The summed E-state index contributed by atoms with van der Waals surface area (Å²) in [6, 6.07) is 0. The first-order valence-corrected chi connectivity index (χ1v) is 8.02. The van der Waals surface area contributed by atoms with Gasteiger partial charge in [0.15, 0.2) is 11.5 Å². The molecule has 0 spiro atoms. The summed E-state index contributed by atoms with van der Waals surface area (Å²) in [5, 5.41) is 0. The van der Waals surface area contributed by atoms with Gasteiger partial charge in [-0.1, -0.05) is 0 Å². The van der Waals surface area contributed by atoms with Gasteiger partial charge in [0.2, 0.25) is 0 Å². The molecule has 1 fully saturated rings. The molecule has 1 unspecified atom stereocenters. The second kappa shape index (κ2) is 6.29. The molecule has 2 heterocycles. The minimum absolute atomic E-state index is 0.0766. The van der Waals surface area contributed by atoms with Crippen molar-refractivity contribution in [3.8, 4) is 11.5 Å². The van der Waals surface area contributed by atoms with Crippen LogP contribution in [0.5, 0.6) is 11.5 Å². The maximum absolute atomic E-state index is 5.54. The third kappa shape index (κ3) is 2.90. The molecule has 1 aromatic heterocycles. The zero-order valence-corrected chi connectivity index (χ0v) is 12.1. The number of nitrogens with zero attached hydrogens (tertiary/aromatic N) is 1. The third-order valence-corrected chi connectivity index (χ3v) is 5.41. The second-order valence-corrected chi connectivity index (χ2v) is 6.74. The lowest BCUT2D eigenvalue weighted by Crippen LogP contribution is -2.12. The maximum Gasteiger partial charge on any atom is 0.179 e. The molecule has 2 rings (SSSR count). The number of pyridine rings is 1. The Balaban J connectivity index is 2.17. The molecule has 0 aromatic carbocycles. The Bertz CT molecular complexity index is 405. The summed E-state index contributed by atoms with van der Waals surface area (Å²) >= 11 is 0. The monoisotopic (exact) mass is 271 g/mol. The minimum Gasteiger partial charge on any atom is -0.492 e. The molecule has 5 heteroatoms. The molecule has 18 heavy (non-hydrogen) atoms. The molecular weight excluding hydrogens is 250 g/mol. The van der Waals surface area contributed by atoms with Crippen LogP contribution in [0.3, 0.4) is 0 Å². The molecule has 0 bridgehead atoms. The highest BCUT2D eigenvalue weighted by atomic mass is 32.2. The van der Waals surface area contributed by atoms with Gasteiger partial charge in [0.05, 0.1) is 32.0 Å². The van der Waals surface area contributed by atoms with E-state index < -0.39 is 0 Å². The second-order valence-electron chi connectivity index (χ2n) is 4.37. The summed E-state index contributed by atoms with van der Waals surface area (Å²) in [4.78, 5) is 4.51. The number of hydrogen-bond acceptors (Lipinski definition) is 4. The van der Waals surface area contributed by atoms with Crippen LogP contribution in [0, 0.1) is 6.92 Å². The van der Waals surface area contributed by atoms with Gasteiger partial charge >= 0.3 is 0 Å². The molecule has 0 radical (unpaired) electrons. The minimum atomic E-state index is -0.0766. The van der Waals surface area contributed by atoms with Gasteiger partial charge in [-0.15, -0.1) is 0 Å². The standard InChI is InChI=1S/C13H21NO3S/c1-10-11(8-18-6-4-5-17-9-18)14-7-12(15-2)13(10)16-3/h7,18H,4-6,8-9H2,1-3H3. The van der Waals surface area contributed by atoms with Crippen LogP contribution in [0.25, 0.3) is 0 Å². The number of aromatic nitrogens is 1. The van der Waals surface area contributed by atoms with Gasteiger partial charge in [-0.3, -0.25) is 4.98 Å². The highest BCUT2D eigenvalue weighted by molar-refractivity contribution is 8.16. The molecule has 1 aromatic rings. The predicted molar refractivity (Wildman–Crippen MR) is 75.1 cm³/mol. The molecule has 0 saturated carbocycles. The average molecular weight is 271 g/mol. The van der Waals surface area contributed by atoms with Gasteiger partial charge in [-0.05, 0) is 19.1 Å². The molecule has 1 atom stereocenters. The summed E-state index contributed by atoms with van der Waals surface area (Å²) < 4.78 is 16.2. The zero-order chi connectivity index (χ0) is 13.0. The molecule has 1 aliphatic heterocycles. The molecule has 4 nitrogen and oxygen atoms in total. The molecule has 0 aliphatic carbocycles. The fourth-order valence-electron chi connectivity index (χ4n) is 2.15. The van der Waals surface area contributed by atoms with Crippen LogP contribution >= 0.6 is 10.9 Å². The highest BCUT2D eigenvalue weighted by Crippen LogP contribution is 2.38. The van der Waals surface area contributed by atoms with E-state index in [0.29, 0.717) is 5.75 Å². The van der Waals surface area contributed by atoms with Crippen LogP contribution in [0.1, 0.15) is 17.7 Å². The molecular formula is C13H21NO3S. The molecule has 0 N–H and O–H groups in total. The Morgan fingerprint density at radius 1 is 1.39 bits per heavy atom. The Hall–Kier alpha value is -0.940. The van der Waals surface area contributed by atoms with E-state index in [4.69, 9.17) is 14.2 Å². The summed E-state index contributed by atoms with van der Waals surface area (Å²) in [5.74, 6) is 4.71. The van der Waals surface area contributed by atoms with Crippen LogP contribution in [0.4, 0.5) is 0 Å². The lowest BCUT2D eigenvalue weighted by molar-refractivity contribution is 0.174. The summed E-state index contributed by atoms with van der Waals surface area (Å²) in [5.41, 5.74) is 2.20. The van der Waals surface area contributed by atoms with Gasteiger partial charge in [-0.25, -0.2) is 10.9 Å². The van der Waals surface area contributed by atoms with Crippen molar-refractivity contribution in [2.24, 2.45) is 0 Å². The Morgan fingerprint density at radius 2 is 2.22 bits per heavy atom. The van der Waals surface area contributed by atoms with Crippen LogP contribution in [0.2, 0.25) is 0 Å². The number of thiol groups is 1. The molecule has 1 saturated heterocycles. The van der Waals surface area contributed by atoms with Crippen molar-refractivity contribution < 1.29 is 14.2 Å². The van der Waals surface area contributed by atoms with E-state index in [2.05, 4.69) is 4.98 Å². The molecule has 102 valence electrons. The number of ether oxygens (including phenoxy) is 3. The van der Waals surface area contributed by atoms with E-state index >= 15 is 0 Å². The summed E-state index contributed by atoms with van der Waals surface area (Å²) in [7, 11) is 3.23. The van der Waals surface area contributed by atoms with Crippen molar-refractivity contribution in [3.05, 3.63) is 17.5 Å². The lowest BCUT2D eigenvalue weighted by atomic mass is 10.2. The van der Waals surface area contributed by atoms with E-state index in [9.17, 15) is 0 Å². The fraction of sp³-hybridized carbons (Fsp3) is 0.615. The number of hydrogen-bond donors (Lipinski definition) is 1. The van der Waals surface area contributed by atoms with Gasteiger partial charge in [0.1, 0.15) is 0 Å². The van der Waals surface area contributed by atoms with Crippen LogP contribution in [-0.4, -0.2) is 37.5 Å². The van der Waals surface area contributed by atoms with Gasteiger partial charge < -0.3 is 14.2 Å². The highest BCUT2D eigenvalue weighted by Gasteiger charge is 2.16. The first-order valence-electron chi connectivity index (χ1n) is 6.12. The SMILES string of the molecule is COc1cnc(C[SH]2CCCOC2)c(C)c1OC. The van der Waals surface area contributed by atoms with E-state index in [1.165, 1.54) is 12.2 Å². The Labute approximate surface area is 111 Å². The van der Waals surface area contributed by atoms with Gasteiger partial charge in [0.25, 0.3) is 0 Å². The predicted octanol–water partition coefficient (Wildman–Crippen LogP) is 2.29. The first-order chi connectivity index (χ1) is 8.76. The van der Waals surface area contributed by atoms with Gasteiger partial charge in [-0.2, -0.15) is 0 Å². The van der Waals surface area contributed by atoms with Crippen molar-refractivity contribution in [2.45, 2.75) is 19.1 Å². The Morgan fingerprint density at radius 3 is 2.83 bits per heavy atom. The van der Waals surface area contributed by atoms with Crippen LogP contribution in [-0.2, 0) is 10.5 Å². The van der Waals surface area contributed by atoms with Crippen LogP contribution in [0.15, 0.2) is 6.20 Å². The molecule has 1 aliphatic rings. The van der Waals surface area contributed by atoms with E-state index in [1.54, 1.807) is 20.4 Å². The van der Waals surface area contributed by atoms with E-state index in [0.717, 1.165) is 35.3 Å². The smallest absolute Gasteiger partial charge is 0.179 e. The number of methoxy groups -OCH3 is 2. The van der Waals surface area contributed by atoms with Crippen molar-refractivity contribution in [1.29, 1.82) is 0 Å². The van der Waals surface area contributed by atoms with Crippen molar-refractivity contribution in [3.63, 3.8) is 0 Å². The quantitative estimate of drug-likeness (QED) is 0.853. The number of rotatable bonds is 4. The topological polar surface area (TPSA) is 40.6 Å². The van der Waals surface area contributed by atoms with E-state index in [1.807, 2.05) is 6.92 Å². The van der Waals surface area contributed by atoms with Gasteiger partial charge in [0, 0.05) is 17.9 Å². The lowest BCUT2D eigenvalue weighted by Gasteiger charge is -2.26. The summed E-state index contributed by atoms with van der Waals surface area (Å²) in [6.07, 6.45) is 2.93.